The molecule has 0 saturated heterocycles. The second-order valence-corrected chi connectivity index (χ2v) is 4.65. The molecule has 0 fully saturated rings. The number of benzene rings is 1. The predicted molar refractivity (Wildman–Crippen MR) is 69.0 cm³/mol. The van der Waals surface area contributed by atoms with Crippen LogP contribution in [-0.4, -0.2) is 20.9 Å². The lowest BCUT2D eigenvalue weighted by Crippen LogP contribution is -2.31. The van der Waals surface area contributed by atoms with Crippen LogP contribution in [0.3, 0.4) is 0 Å². The minimum atomic E-state index is -1.19. The molecule has 1 aromatic carbocycles. The summed E-state index contributed by atoms with van der Waals surface area (Å²) in [7, 11) is 0. The molecule has 1 aromatic rings. The van der Waals surface area contributed by atoms with E-state index in [1.54, 1.807) is 26.0 Å². The number of rotatable bonds is 2. The van der Waals surface area contributed by atoms with Gasteiger partial charge in [0, 0.05) is 22.9 Å². The first-order chi connectivity index (χ1) is 7.83. The van der Waals surface area contributed by atoms with Crippen LogP contribution in [0.1, 0.15) is 19.4 Å². The standard InChI is InChI=1S/C12H13NO3S/c1-9(17)12(2,14)8-7-10-3-5-11(6-4-10)13(15)16/h3-6,9,14,17H,1-2H3. The van der Waals surface area contributed by atoms with E-state index in [2.05, 4.69) is 24.5 Å². The zero-order chi connectivity index (χ0) is 13.1. The fourth-order valence-electron chi connectivity index (χ4n) is 0.970. The molecule has 4 nitrogen and oxygen atoms in total. The van der Waals surface area contributed by atoms with E-state index in [1.165, 1.54) is 12.1 Å². The summed E-state index contributed by atoms with van der Waals surface area (Å²) in [5.74, 6) is 5.44. The van der Waals surface area contributed by atoms with Crippen molar-refractivity contribution >= 4 is 18.3 Å². The topological polar surface area (TPSA) is 63.4 Å². The summed E-state index contributed by atoms with van der Waals surface area (Å²) in [4.78, 5) is 9.97. The maximum absolute atomic E-state index is 10.4. The van der Waals surface area contributed by atoms with E-state index < -0.39 is 10.5 Å². The Balaban J connectivity index is 2.90. The molecule has 0 aliphatic heterocycles. The lowest BCUT2D eigenvalue weighted by atomic mass is 10.0. The van der Waals surface area contributed by atoms with Gasteiger partial charge in [0.1, 0.15) is 5.60 Å². The molecule has 0 heterocycles. The lowest BCUT2D eigenvalue weighted by Gasteiger charge is -2.19. The van der Waals surface area contributed by atoms with E-state index in [0.717, 1.165) is 0 Å². The molecule has 0 aliphatic rings. The van der Waals surface area contributed by atoms with E-state index in [1.807, 2.05) is 0 Å². The van der Waals surface area contributed by atoms with Gasteiger partial charge in [-0.25, -0.2) is 0 Å². The highest BCUT2D eigenvalue weighted by atomic mass is 32.1. The van der Waals surface area contributed by atoms with Crippen LogP contribution >= 0.6 is 12.6 Å². The van der Waals surface area contributed by atoms with Gasteiger partial charge in [-0.15, -0.1) is 0 Å². The Kier molecular flexibility index (Phi) is 4.16. The molecule has 17 heavy (non-hydrogen) atoms. The van der Waals surface area contributed by atoms with Gasteiger partial charge in [0.25, 0.3) is 5.69 Å². The molecule has 0 aromatic heterocycles. The lowest BCUT2D eigenvalue weighted by molar-refractivity contribution is -0.384. The number of aliphatic hydroxyl groups is 1. The van der Waals surface area contributed by atoms with Crippen LogP contribution in [0.15, 0.2) is 24.3 Å². The average Bonchev–Trinajstić information content (AvgIpc) is 2.27. The fourth-order valence-corrected chi connectivity index (χ4v) is 1.03. The summed E-state index contributed by atoms with van der Waals surface area (Å²) in [5.41, 5.74) is -0.556. The summed E-state index contributed by atoms with van der Waals surface area (Å²) in [6.45, 7) is 3.32. The van der Waals surface area contributed by atoms with Crippen molar-refractivity contribution in [2.45, 2.75) is 24.7 Å². The van der Waals surface area contributed by atoms with E-state index in [0.29, 0.717) is 5.56 Å². The van der Waals surface area contributed by atoms with Gasteiger partial charge < -0.3 is 5.11 Å². The van der Waals surface area contributed by atoms with E-state index in [9.17, 15) is 15.2 Å². The van der Waals surface area contributed by atoms with E-state index in [-0.39, 0.29) is 10.9 Å². The van der Waals surface area contributed by atoms with Gasteiger partial charge in [0.05, 0.1) is 4.92 Å². The zero-order valence-electron chi connectivity index (χ0n) is 9.54. The number of thiol groups is 1. The van der Waals surface area contributed by atoms with Crippen LogP contribution in [0.2, 0.25) is 0 Å². The molecule has 5 heteroatoms. The molecule has 90 valence electrons. The van der Waals surface area contributed by atoms with Crippen molar-refractivity contribution in [3.05, 3.63) is 39.9 Å². The highest BCUT2D eigenvalue weighted by Crippen LogP contribution is 2.15. The van der Waals surface area contributed by atoms with Crippen molar-refractivity contribution in [1.29, 1.82) is 0 Å². The monoisotopic (exact) mass is 251 g/mol. The molecule has 0 spiro atoms. The fraction of sp³-hybridized carbons (Fsp3) is 0.333. The summed E-state index contributed by atoms with van der Waals surface area (Å²) in [6, 6.07) is 5.85. The van der Waals surface area contributed by atoms with Crippen LogP contribution in [0, 0.1) is 22.0 Å². The third kappa shape index (κ3) is 3.77. The minimum absolute atomic E-state index is 0.0184. The van der Waals surface area contributed by atoms with Crippen LogP contribution in [-0.2, 0) is 0 Å². The first-order valence-corrected chi connectivity index (χ1v) is 5.52. The van der Waals surface area contributed by atoms with Gasteiger partial charge in [-0.3, -0.25) is 10.1 Å². The van der Waals surface area contributed by atoms with E-state index in [4.69, 9.17) is 0 Å². The molecule has 0 radical (unpaired) electrons. The highest BCUT2D eigenvalue weighted by Gasteiger charge is 2.22. The average molecular weight is 251 g/mol. The summed E-state index contributed by atoms with van der Waals surface area (Å²) in [6.07, 6.45) is 0. The molecule has 1 rings (SSSR count). The molecule has 2 unspecified atom stereocenters. The molecule has 0 amide bonds. The van der Waals surface area contributed by atoms with Crippen molar-refractivity contribution < 1.29 is 10.0 Å². The minimum Gasteiger partial charge on any atom is -0.377 e. The largest absolute Gasteiger partial charge is 0.377 e. The SMILES string of the molecule is CC(S)C(C)(O)C#Cc1ccc([N+](=O)[O-])cc1. The van der Waals surface area contributed by atoms with Gasteiger partial charge in [-0.2, -0.15) is 12.6 Å². The maximum Gasteiger partial charge on any atom is 0.269 e. The Hall–Kier alpha value is -1.51. The molecule has 2 atom stereocenters. The molecule has 0 bridgehead atoms. The third-order valence-electron chi connectivity index (χ3n) is 2.35. The van der Waals surface area contributed by atoms with Crippen molar-refractivity contribution in [2.24, 2.45) is 0 Å². The number of nitrogens with zero attached hydrogens (tertiary/aromatic N) is 1. The van der Waals surface area contributed by atoms with Crippen molar-refractivity contribution in [1.82, 2.24) is 0 Å². The molecular weight excluding hydrogens is 238 g/mol. The first kappa shape index (κ1) is 13.6. The van der Waals surface area contributed by atoms with Gasteiger partial charge in [-0.1, -0.05) is 11.8 Å². The maximum atomic E-state index is 10.4. The summed E-state index contributed by atoms with van der Waals surface area (Å²) >= 11 is 4.13. The quantitative estimate of drug-likeness (QED) is 0.366. The zero-order valence-corrected chi connectivity index (χ0v) is 10.4. The Morgan fingerprint density at radius 2 is 2.00 bits per heavy atom. The van der Waals surface area contributed by atoms with Gasteiger partial charge in [0.2, 0.25) is 0 Å². The van der Waals surface area contributed by atoms with Crippen LogP contribution < -0.4 is 0 Å². The number of hydrogen-bond acceptors (Lipinski definition) is 4. The third-order valence-corrected chi connectivity index (χ3v) is 2.85. The van der Waals surface area contributed by atoms with Crippen LogP contribution in [0.25, 0.3) is 0 Å². The Morgan fingerprint density at radius 3 is 2.41 bits per heavy atom. The second-order valence-electron chi connectivity index (χ2n) is 3.88. The van der Waals surface area contributed by atoms with Gasteiger partial charge in [0.15, 0.2) is 0 Å². The summed E-state index contributed by atoms with van der Waals surface area (Å²) in [5, 5.41) is 20.0. The Labute approximate surface area is 105 Å². The summed E-state index contributed by atoms with van der Waals surface area (Å²) < 4.78 is 0. The highest BCUT2D eigenvalue weighted by molar-refractivity contribution is 7.81. The number of nitro groups is 1. The van der Waals surface area contributed by atoms with Crippen molar-refractivity contribution in [3.8, 4) is 11.8 Å². The normalized spacial score (nSPS) is 15.3. The predicted octanol–water partition coefficient (Wildman–Crippen LogP) is 2.02. The first-order valence-electron chi connectivity index (χ1n) is 5.01. The van der Waals surface area contributed by atoms with E-state index >= 15 is 0 Å². The number of hydrogen-bond donors (Lipinski definition) is 2. The smallest absolute Gasteiger partial charge is 0.269 e. The van der Waals surface area contributed by atoms with Crippen molar-refractivity contribution in [3.63, 3.8) is 0 Å². The number of non-ortho nitro benzene ring substituents is 1. The molecule has 1 N–H and O–H groups in total. The second kappa shape index (κ2) is 5.21. The van der Waals surface area contributed by atoms with Crippen LogP contribution in [0.5, 0.6) is 0 Å². The molecule has 0 saturated carbocycles. The molecular formula is C12H13NO3S. The Morgan fingerprint density at radius 1 is 1.47 bits per heavy atom. The van der Waals surface area contributed by atoms with Crippen LogP contribution in [0.4, 0.5) is 5.69 Å². The number of nitro benzene ring substituents is 1. The van der Waals surface area contributed by atoms with Gasteiger partial charge in [-0.05, 0) is 26.0 Å². The van der Waals surface area contributed by atoms with Gasteiger partial charge >= 0.3 is 0 Å². The Bertz CT molecular complexity index is 469. The van der Waals surface area contributed by atoms with Crippen molar-refractivity contribution in [2.75, 3.05) is 0 Å². The molecule has 0 aliphatic carbocycles.